The number of hydrogen-bond acceptors (Lipinski definition) is 2. The second kappa shape index (κ2) is 5.54. The van der Waals surface area contributed by atoms with Crippen molar-refractivity contribution in [1.82, 2.24) is 5.32 Å². The van der Waals surface area contributed by atoms with Crippen LogP contribution in [0.3, 0.4) is 0 Å². The summed E-state index contributed by atoms with van der Waals surface area (Å²) < 4.78 is 35.7. The number of aryl methyl sites for hydroxylation is 1. The van der Waals surface area contributed by atoms with Crippen LogP contribution in [0.15, 0.2) is 18.2 Å². The molecule has 0 aromatic heterocycles. The first kappa shape index (κ1) is 14.0. The van der Waals surface area contributed by atoms with E-state index in [0.717, 1.165) is 11.1 Å². The van der Waals surface area contributed by atoms with Gasteiger partial charge in [0.1, 0.15) is 0 Å². The third-order valence-electron chi connectivity index (χ3n) is 2.41. The summed E-state index contributed by atoms with van der Waals surface area (Å²) in [5.74, 6) is -1.94. The molecule has 18 heavy (non-hydrogen) atoms. The molecular formula is C12H11F3N2O. The Morgan fingerprint density at radius 1 is 1.44 bits per heavy atom. The Bertz CT molecular complexity index is 489. The minimum atomic E-state index is -4.85. The van der Waals surface area contributed by atoms with Gasteiger partial charge in [-0.1, -0.05) is 6.07 Å². The van der Waals surface area contributed by atoms with Gasteiger partial charge in [0.15, 0.2) is 0 Å². The minimum Gasteiger partial charge on any atom is -0.348 e. The fourth-order valence-corrected chi connectivity index (χ4v) is 1.46. The van der Waals surface area contributed by atoms with Crippen LogP contribution in [0.4, 0.5) is 13.2 Å². The highest BCUT2D eigenvalue weighted by atomic mass is 19.4. The molecule has 0 fully saturated rings. The highest BCUT2D eigenvalue weighted by molar-refractivity contribution is 5.81. The second-order valence-electron chi connectivity index (χ2n) is 3.76. The van der Waals surface area contributed by atoms with E-state index >= 15 is 0 Å². The van der Waals surface area contributed by atoms with Crippen molar-refractivity contribution in [3.8, 4) is 6.07 Å². The van der Waals surface area contributed by atoms with Crippen LogP contribution >= 0.6 is 0 Å². The van der Waals surface area contributed by atoms with E-state index in [1.54, 1.807) is 30.4 Å². The van der Waals surface area contributed by atoms with Crippen molar-refractivity contribution < 1.29 is 18.0 Å². The molecule has 1 N–H and O–H groups in total. The summed E-state index contributed by atoms with van der Waals surface area (Å²) in [5.41, 5.74) is 2.11. The maximum atomic E-state index is 11.9. The zero-order chi connectivity index (χ0) is 13.8. The standard InChI is InChI=1S/C12H11F3N2O/c1-8-6-9(7-16)2-3-10(8)4-5-17-11(18)12(13,14)15/h2-3,6H,4-5H2,1H3,(H,17,18). The number of nitrogens with zero attached hydrogens (tertiary/aromatic N) is 1. The third kappa shape index (κ3) is 3.77. The number of carbonyl (C=O) groups excluding carboxylic acids is 1. The van der Waals surface area contributed by atoms with Crippen LogP contribution in [0.5, 0.6) is 0 Å². The minimum absolute atomic E-state index is 0.0922. The van der Waals surface area contributed by atoms with Crippen LogP contribution < -0.4 is 5.32 Å². The Hall–Kier alpha value is -2.03. The lowest BCUT2D eigenvalue weighted by molar-refractivity contribution is -0.173. The molecule has 0 aliphatic rings. The van der Waals surface area contributed by atoms with Crippen LogP contribution in [-0.2, 0) is 11.2 Å². The monoisotopic (exact) mass is 256 g/mol. The SMILES string of the molecule is Cc1cc(C#N)ccc1CCNC(=O)C(F)(F)F. The van der Waals surface area contributed by atoms with Gasteiger partial charge in [-0.15, -0.1) is 0 Å². The smallest absolute Gasteiger partial charge is 0.348 e. The lowest BCUT2D eigenvalue weighted by Gasteiger charge is -2.09. The van der Waals surface area contributed by atoms with Crippen molar-refractivity contribution in [2.75, 3.05) is 6.54 Å². The van der Waals surface area contributed by atoms with Gasteiger partial charge in [-0.25, -0.2) is 0 Å². The highest BCUT2D eigenvalue weighted by Gasteiger charge is 2.38. The number of amides is 1. The molecule has 96 valence electrons. The van der Waals surface area contributed by atoms with Crippen molar-refractivity contribution in [1.29, 1.82) is 5.26 Å². The van der Waals surface area contributed by atoms with Crippen LogP contribution in [0.2, 0.25) is 0 Å². The van der Waals surface area contributed by atoms with E-state index in [2.05, 4.69) is 0 Å². The van der Waals surface area contributed by atoms with Crippen LogP contribution in [0, 0.1) is 18.3 Å². The fraction of sp³-hybridized carbons (Fsp3) is 0.333. The average molecular weight is 256 g/mol. The predicted octanol–water partition coefficient (Wildman–Crippen LogP) is 2.09. The van der Waals surface area contributed by atoms with E-state index in [1.807, 2.05) is 6.07 Å². The van der Waals surface area contributed by atoms with Gasteiger partial charge in [-0.3, -0.25) is 4.79 Å². The van der Waals surface area contributed by atoms with Crippen molar-refractivity contribution in [3.05, 3.63) is 34.9 Å². The molecule has 0 atom stereocenters. The molecule has 1 aromatic rings. The largest absolute Gasteiger partial charge is 0.471 e. The third-order valence-corrected chi connectivity index (χ3v) is 2.41. The van der Waals surface area contributed by atoms with Gasteiger partial charge in [-0.05, 0) is 36.6 Å². The molecule has 1 amide bonds. The Labute approximate surface area is 102 Å². The van der Waals surface area contributed by atoms with Crippen LogP contribution in [0.1, 0.15) is 16.7 Å². The molecule has 6 heteroatoms. The number of carbonyl (C=O) groups is 1. The maximum absolute atomic E-state index is 11.9. The Morgan fingerprint density at radius 3 is 2.61 bits per heavy atom. The lowest BCUT2D eigenvalue weighted by atomic mass is 10.0. The van der Waals surface area contributed by atoms with E-state index in [-0.39, 0.29) is 6.54 Å². The van der Waals surface area contributed by atoms with E-state index in [0.29, 0.717) is 12.0 Å². The summed E-state index contributed by atoms with van der Waals surface area (Å²) in [7, 11) is 0. The van der Waals surface area contributed by atoms with E-state index < -0.39 is 12.1 Å². The van der Waals surface area contributed by atoms with Gasteiger partial charge < -0.3 is 5.32 Å². The number of halogens is 3. The number of benzene rings is 1. The van der Waals surface area contributed by atoms with E-state index in [4.69, 9.17) is 5.26 Å². The van der Waals surface area contributed by atoms with Crippen molar-refractivity contribution >= 4 is 5.91 Å². The molecule has 0 saturated heterocycles. The molecule has 0 bridgehead atoms. The zero-order valence-corrected chi connectivity index (χ0v) is 9.64. The van der Waals surface area contributed by atoms with Gasteiger partial charge >= 0.3 is 12.1 Å². The predicted molar refractivity (Wildman–Crippen MR) is 58.7 cm³/mol. The molecule has 0 aliphatic heterocycles. The highest BCUT2D eigenvalue weighted by Crippen LogP contribution is 2.14. The molecule has 0 radical (unpaired) electrons. The summed E-state index contributed by atoms with van der Waals surface area (Å²) in [6, 6.07) is 6.89. The lowest BCUT2D eigenvalue weighted by Crippen LogP contribution is -2.37. The Morgan fingerprint density at radius 2 is 2.11 bits per heavy atom. The second-order valence-corrected chi connectivity index (χ2v) is 3.76. The quantitative estimate of drug-likeness (QED) is 0.900. The molecule has 0 unspecified atom stereocenters. The van der Waals surface area contributed by atoms with Gasteiger partial charge in [0.25, 0.3) is 0 Å². The molecule has 0 saturated carbocycles. The molecular weight excluding hydrogens is 245 g/mol. The first-order chi connectivity index (χ1) is 8.34. The number of rotatable bonds is 3. The maximum Gasteiger partial charge on any atom is 0.471 e. The van der Waals surface area contributed by atoms with Crippen LogP contribution in [0.25, 0.3) is 0 Å². The van der Waals surface area contributed by atoms with Crippen molar-refractivity contribution in [2.24, 2.45) is 0 Å². The van der Waals surface area contributed by atoms with E-state index in [1.165, 1.54) is 0 Å². The Kier molecular flexibility index (Phi) is 4.32. The van der Waals surface area contributed by atoms with Crippen LogP contribution in [-0.4, -0.2) is 18.6 Å². The number of nitrogens with one attached hydrogen (secondary N) is 1. The summed E-state index contributed by atoms with van der Waals surface area (Å²) in [4.78, 5) is 10.6. The van der Waals surface area contributed by atoms with Gasteiger partial charge in [0, 0.05) is 6.54 Å². The first-order valence-corrected chi connectivity index (χ1v) is 5.19. The molecule has 3 nitrogen and oxygen atoms in total. The topological polar surface area (TPSA) is 52.9 Å². The van der Waals surface area contributed by atoms with Crippen molar-refractivity contribution in [2.45, 2.75) is 19.5 Å². The number of alkyl halides is 3. The molecule has 0 spiro atoms. The fourth-order valence-electron chi connectivity index (χ4n) is 1.46. The average Bonchev–Trinajstić information content (AvgIpc) is 2.29. The molecule has 0 heterocycles. The molecule has 1 rings (SSSR count). The van der Waals surface area contributed by atoms with Crippen molar-refractivity contribution in [3.63, 3.8) is 0 Å². The molecule has 1 aromatic carbocycles. The normalized spacial score (nSPS) is 10.8. The zero-order valence-electron chi connectivity index (χ0n) is 9.64. The summed E-state index contributed by atoms with van der Waals surface area (Å²) in [5, 5.41) is 10.5. The molecule has 0 aliphatic carbocycles. The first-order valence-electron chi connectivity index (χ1n) is 5.19. The number of hydrogen-bond donors (Lipinski definition) is 1. The summed E-state index contributed by atoms with van der Waals surface area (Å²) in [6.07, 6.45) is -4.56. The summed E-state index contributed by atoms with van der Waals surface area (Å²) >= 11 is 0. The van der Waals surface area contributed by atoms with Gasteiger partial charge in [-0.2, -0.15) is 18.4 Å². The van der Waals surface area contributed by atoms with Gasteiger partial charge in [0.2, 0.25) is 0 Å². The Balaban J connectivity index is 2.55. The number of nitriles is 1. The van der Waals surface area contributed by atoms with E-state index in [9.17, 15) is 18.0 Å². The summed E-state index contributed by atoms with van der Waals surface area (Å²) in [6.45, 7) is 1.67. The van der Waals surface area contributed by atoms with Gasteiger partial charge in [0.05, 0.1) is 11.6 Å².